The Morgan fingerprint density at radius 2 is 1.85 bits per heavy atom. The van der Waals surface area contributed by atoms with Crippen molar-refractivity contribution < 1.29 is 13.2 Å². The molecule has 2 N–H and O–H groups in total. The average molecular weight is 366 g/mol. The van der Waals surface area contributed by atoms with Crippen LogP contribution < -0.4 is 5.73 Å². The molecule has 0 saturated heterocycles. The summed E-state index contributed by atoms with van der Waals surface area (Å²) in [5.41, 5.74) is 4.29. The lowest BCUT2D eigenvalue weighted by Crippen LogP contribution is -2.10. The van der Waals surface area contributed by atoms with E-state index in [9.17, 15) is 13.2 Å². The maximum atomic E-state index is 12.3. The summed E-state index contributed by atoms with van der Waals surface area (Å²) in [4.78, 5) is 0. The minimum Gasteiger partial charge on any atom is -0.397 e. The Morgan fingerprint density at radius 3 is 2.31 bits per heavy atom. The van der Waals surface area contributed by atoms with Crippen molar-refractivity contribution in [3.8, 4) is 0 Å². The fourth-order valence-corrected chi connectivity index (χ4v) is 1.63. The Morgan fingerprint density at radius 1 is 1.31 bits per heavy atom. The third kappa shape index (κ3) is 2.28. The van der Waals surface area contributed by atoms with Gasteiger partial charge < -0.3 is 5.73 Å². The van der Waals surface area contributed by atoms with Gasteiger partial charge in [0.15, 0.2) is 0 Å². The SMILES string of the molecule is Nc1c(C(F)(F)F)ccc(Br)c1I. The zero-order chi connectivity index (χ0) is 10.2. The maximum Gasteiger partial charge on any atom is 0.418 e. The van der Waals surface area contributed by atoms with Crippen LogP contribution in [-0.2, 0) is 6.18 Å². The van der Waals surface area contributed by atoms with Crippen molar-refractivity contribution in [3.05, 3.63) is 25.7 Å². The molecular weight excluding hydrogens is 362 g/mol. The molecule has 0 heterocycles. The molecule has 0 aromatic heterocycles. The van der Waals surface area contributed by atoms with Crippen LogP contribution in [0.1, 0.15) is 5.56 Å². The van der Waals surface area contributed by atoms with E-state index in [0.29, 0.717) is 8.04 Å². The zero-order valence-electron chi connectivity index (χ0n) is 6.12. The van der Waals surface area contributed by atoms with Crippen molar-refractivity contribution in [2.75, 3.05) is 5.73 Å². The van der Waals surface area contributed by atoms with Gasteiger partial charge >= 0.3 is 6.18 Å². The van der Waals surface area contributed by atoms with Crippen LogP contribution in [-0.4, -0.2) is 0 Å². The second-order valence-corrected chi connectivity index (χ2v) is 4.25. The summed E-state index contributed by atoms with van der Waals surface area (Å²) >= 11 is 4.85. The number of nitrogen functional groups attached to an aromatic ring is 1. The quantitative estimate of drug-likeness (QED) is 0.551. The first-order chi connectivity index (χ1) is 5.84. The van der Waals surface area contributed by atoms with Gasteiger partial charge in [-0.25, -0.2) is 0 Å². The Kier molecular flexibility index (Phi) is 3.11. The molecule has 0 aliphatic rings. The first-order valence-electron chi connectivity index (χ1n) is 3.14. The van der Waals surface area contributed by atoms with Crippen molar-refractivity contribution in [3.63, 3.8) is 0 Å². The molecule has 1 rings (SSSR count). The van der Waals surface area contributed by atoms with Gasteiger partial charge in [0.25, 0.3) is 0 Å². The van der Waals surface area contributed by atoms with E-state index < -0.39 is 11.7 Å². The first kappa shape index (κ1) is 11.1. The van der Waals surface area contributed by atoms with Crippen LogP contribution in [0.3, 0.4) is 0 Å². The normalized spacial score (nSPS) is 11.8. The standard InChI is InChI=1S/C7H4BrF3IN/c8-4-2-1-3(7(9,10)11)6(13)5(4)12/h1-2H,13H2. The summed E-state index contributed by atoms with van der Waals surface area (Å²) < 4.78 is 37.7. The average Bonchev–Trinajstić information content (AvgIpc) is 1.98. The summed E-state index contributed by atoms with van der Waals surface area (Å²) in [6.45, 7) is 0. The molecule has 13 heavy (non-hydrogen) atoms. The molecule has 0 fully saturated rings. The summed E-state index contributed by atoms with van der Waals surface area (Å²) in [5.74, 6) is 0. The smallest absolute Gasteiger partial charge is 0.397 e. The van der Waals surface area contributed by atoms with Gasteiger partial charge in [-0.3, -0.25) is 0 Å². The van der Waals surface area contributed by atoms with Gasteiger partial charge in [-0.2, -0.15) is 13.2 Å². The molecule has 0 radical (unpaired) electrons. The summed E-state index contributed by atoms with van der Waals surface area (Å²) in [7, 11) is 0. The fourth-order valence-electron chi connectivity index (χ4n) is 0.814. The molecule has 0 atom stereocenters. The van der Waals surface area contributed by atoms with Crippen LogP contribution in [0.2, 0.25) is 0 Å². The number of alkyl halides is 3. The number of nitrogens with two attached hydrogens (primary N) is 1. The van der Waals surface area contributed by atoms with Crippen molar-refractivity contribution in [2.24, 2.45) is 0 Å². The predicted octanol–water partition coefficient (Wildman–Crippen LogP) is 3.65. The highest BCUT2D eigenvalue weighted by Crippen LogP contribution is 2.37. The van der Waals surface area contributed by atoms with Crippen LogP contribution in [0.15, 0.2) is 16.6 Å². The number of benzene rings is 1. The summed E-state index contributed by atoms with van der Waals surface area (Å²) in [6.07, 6.45) is -4.38. The Hall–Kier alpha value is 0.0200. The molecule has 0 aliphatic heterocycles. The van der Waals surface area contributed by atoms with Gasteiger partial charge in [0.1, 0.15) is 0 Å². The minimum atomic E-state index is -4.38. The summed E-state index contributed by atoms with van der Waals surface area (Å²) in [6, 6.07) is 2.29. The van der Waals surface area contributed by atoms with Crippen molar-refractivity contribution >= 4 is 44.2 Å². The van der Waals surface area contributed by atoms with Crippen LogP contribution in [0, 0.1) is 3.57 Å². The topological polar surface area (TPSA) is 26.0 Å². The highest BCUT2D eigenvalue weighted by molar-refractivity contribution is 14.1. The molecule has 72 valence electrons. The zero-order valence-corrected chi connectivity index (χ0v) is 9.87. The molecule has 0 unspecified atom stereocenters. The molecule has 0 amide bonds. The van der Waals surface area contributed by atoms with E-state index in [0.717, 1.165) is 6.07 Å². The molecule has 0 aliphatic carbocycles. The lowest BCUT2D eigenvalue weighted by atomic mass is 10.2. The van der Waals surface area contributed by atoms with Crippen molar-refractivity contribution in [1.29, 1.82) is 0 Å². The molecule has 1 nitrogen and oxygen atoms in total. The Balaban J connectivity index is 3.35. The minimum absolute atomic E-state index is 0.234. The van der Waals surface area contributed by atoms with E-state index in [1.165, 1.54) is 6.07 Å². The number of anilines is 1. The first-order valence-corrected chi connectivity index (χ1v) is 5.02. The molecular formula is C7H4BrF3IN. The molecule has 0 bridgehead atoms. The second-order valence-electron chi connectivity index (χ2n) is 2.32. The Bertz CT molecular complexity index is 337. The van der Waals surface area contributed by atoms with Gasteiger partial charge in [0.2, 0.25) is 0 Å². The molecule has 1 aromatic carbocycles. The van der Waals surface area contributed by atoms with E-state index in [1.54, 1.807) is 22.6 Å². The molecule has 0 saturated carbocycles. The number of hydrogen-bond acceptors (Lipinski definition) is 1. The van der Waals surface area contributed by atoms with Gasteiger partial charge in [-0.15, -0.1) is 0 Å². The van der Waals surface area contributed by atoms with Crippen molar-refractivity contribution in [2.45, 2.75) is 6.18 Å². The van der Waals surface area contributed by atoms with Crippen LogP contribution in [0.25, 0.3) is 0 Å². The van der Waals surface area contributed by atoms with E-state index >= 15 is 0 Å². The van der Waals surface area contributed by atoms with Crippen LogP contribution in [0.4, 0.5) is 18.9 Å². The lowest BCUT2D eigenvalue weighted by molar-refractivity contribution is -0.136. The lowest BCUT2D eigenvalue weighted by Gasteiger charge is -2.11. The largest absolute Gasteiger partial charge is 0.418 e. The molecule has 0 spiro atoms. The Labute approximate surface area is 94.8 Å². The van der Waals surface area contributed by atoms with Gasteiger partial charge in [0.05, 0.1) is 14.8 Å². The molecule has 1 aromatic rings. The van der Waals surface area contributed by atoms with Crippen molar-refractivity contribution in [1.82, 2.24) is 0 Å². The van der Waals surface area contributed by atoms with Crippen LogP contribution >= 0.6 is 38.5 Å². The second kappa shape index (κ2) is 3.64. The van der Waals surface area contributed by atoms with E-state index in [4.69, 9.17) is 5.73 Å². The maximum absolute atomic E-state index is 12.3. The third-order valence-corrected chi connectivity index (χ3v) is 4.00. The third-order valence-electron chi connectivity index (χ3n) is 1.44. The molecule has 6 heteroatoms. The number of halogens is 5. The van der Waals surface area contributed by atoms with Gasteiger partial charge in [-0.05, 0) is 50.7 Å². The number of rotatable bonds is 0. The van der Waals surface area contributed by atoms with Crippen LogP contribution in [0.5, 0.6) is 0 Å². The van der Waals surface area contributed by atoms with E-state index in [2.05, 4.69) is 15.9 Å². The van der Waals surface area contributed by atoms with E-state index in [-0.39, 0.29) is 5.69 Å². The monoisotopic (exact) mass is 365 g/mol. The van der Waals surface area contributed by atoms with E-state index in [1.807, 2.05) is 0 Å². The highest BCUT2D eigenvalue weighted by atomic mass is 127. The summed E-state index contributed by atoms with van der Waals surface area (Å²) in [5, 5.41) is 0. The number of hydrogen-bond donors (Lipinski definition) is 1. The van der Waals surface area contributed by atoms with Gasteiger partial charge in [0, 0.05) is 4.47 Å². The fraction of sp³-hybridized carbons (Fsp3) is 0.143. The highest BCUT2D eigenvalue weighted by Gasteiger charge is 2.33. The predicted molar refractivity (Wildman–Crippen MR) is 56.3 cm³/mol. The van der Waals surface area contributed by atoms with Gasteiger partial charge in [-0.1, -0.05) is 0 Å².